The number of rotatable bonds is 13. The molecule has 0 unspecified atom stereocenters. The van der Waals surface area contributed by atoms with Gasteiger partial charge in [0.1, 0.15) is 19.3 Å². The minimum absolute atomic E-state index is 0.0936. The Hall–Kier alpha value is -3.27. The predicted octanol–water partition coefficient (Wildman–Crippen LogP) is 3.89. The molecule has 3 rings (SSSR count). The van der Waals surface area contributed by atoms with Gasteiger partial charge >= 0.3 is 0 Å². The van der Waals surface area contributed by atoms with E-state index in [0.717, 1.165) is 17.4 Å². The van der Waals surface area contributed by atoms with E-state index in [1.165, 1.54) is 4.31 Å². The molecule has 9 nitrogen and oxygen atoms in total. The number of aryl methyl sites for hydroxylation is 1. The molecular formula is C29H41N3O6S. The zero-order valence-corrected chi connectivity index (χ0v) is 24.4. The van der Waals surface area contributed by atoms with Gasteiger partial charge in [0.05, 0.1) is 11.9 Å². The van der Waals surface area contributed by atoms with Gasteiger partial charge in [-0.25, -0.2) is 8.42 Å². The van der Waals surface area contributed by atoms with Crippen LogP contribution in [0.4, 0.5) is 5.69 Å². The quantitative estimate of drug-likeness (QED) is 0.399. The van der Waals surface area contributed by atoms with Crippen LogP contribution in [0.15, 0.2) is 42.5 Å². The number of ether oxygens (including phenoxy) is 2. The Morgan fingerprint density at radius 1 is 1.03 bits per heavy atom. The highest BCUT2D eigenvalue weighted by atomic mass is 32.2. The highest BCUT2D eigenvalue weighted by Crippen LogP contribution is 2.34. The van der Waals surface area contributed by atoms with E-state index in [9.17, 15) is 18.0 Å². The van der Waals surface area contributed by atoms with Crippen LogP contribution in [0.25, 0.3) is 0 Å². The molecule has 1 atom stereocenters. The maximum Gasteiger partial charge on any atom is 0.242 e. The number of hydrogen-bond acceptors (Lipinski definition) is 6. The number of carbonyl (C=O) groups excluding carboxylic acids is 2. The number of amides is 2. The molecule has 10 heteroatoms. The van der Waals surface area contributed by atoms with Crippen molar-refractivity contribution in [3.63, 3.8) is 0 Å². The fraction of sp³-hybridized carbons (Fsp3) is 0.517. The molecule has 1 heterocycles. The first-order valence-electron chi connectivity index (χ1n) is 13.5. The average molecular weight is 560 g/mol. The van der Waals surface area contributed by atoms with E-state index in [1.807, 2.05) is 52.0 Å². The summed E-state index contributed by atoms with van der Waals surface area (Å²) in [6.45, 7) is 9.70. The molecule has 0 saturated heterocycles. The van der Waals surface area contributed by atoms with E-state index in [1.54, 1.807) is 23.1 Å². The second kappa shape index (κ2) is 13.7. The molecule has 0 saturated carbocycles. The zero-order valence-electron chi connectivity index (χ0n) is 23.6. The highest BCUT2D eigenvalue weighted by Gasteiger charge is 2.29. The van der Waals surface area contributed by atoms with Crippen molar-refractivity contribution in [3.05, 3.63) is 53.6 Å². The summed E-state index contributed by atoms with van der Waals surface area (Å²) in [5.41, 5.74) is 2.49. The molecule has 2 aromatic rings. The zero-order chi connectivity index (χ0) is 28.6. The first-order chi connectivity index (χ1) is 18.5. The number of fused-ring (bicyclic) bond motifs is 1. The molecular weight excluding hydrogens is 518 g/mol. The summed E-state index contributed by atoms with van der Waals surface area (Å²) in [4.78, 5) is 28.2. The van der Waals surface area contributed by atoms with Gasteiger partial charge in [-0.15, -0.1) is 0 Å². The Labute approximate surface area is 232 Å². The minimum atomic E-state index is -3.62. The van der Waals surface area contributed by atoms with E-state index < -0.39 is 16.1 Å². The summed E-state index contributed by atoms with van der Waals surface area (Å²) >= 11 is 0. The van der Waals surface area contributed by atoms with Crippen LogP contribution in [-0.4, -0.2) is 63.7 Å². The number of carbonyl (C=O) groups is 2. The first kappa shape index (κ1) is 30.3. The lowest BCUT2D eigenvalue weighted by molar-refractivity contribution is -0.141. The summed E-state index contributed by atoms with van der Waals surface area (Å²) < 4.78 is 37.7. The lowest BCUT2D eigenvalue weighted by Crippen LogP contribution is -2.49. The summed E-state index contributed by atoms with van der Waals surface area (Å²) in [6.07, 6.45) is 1.99. The maximum atomic E-state index is 13.6. The van der Waals surface area contributed by atoms with Gasteiger partial charge in [0.15, 0.2) is 11.5 Å². The van der Waals surface area contributed by atoms with Crippen molar-refractivity contribution in [2.24, 2.45) is 5.92 Å². The van der Waals surface area contributed by atoms with Gasteiger partial charge in [0, 0.05) is 32.1 Å². The maximum absolute atomic E-state index is 13.6. The topological polar surface area (TPSA) is 105 Å². The second-order valence-corrected chi connectivity index (χ2v) is 12.2. The van der Waals surface area contributed by atoms with Crippen LogP contribution in [0, 0.1) is 12.8 Å². The smallest absolute Gasteiger partial charge is 0.242 e. The predicted molar refractivity (Wildman–Crippen MR) is 153 cm³/mol. The van der Waals surface area contributed by atoms with Crippen molar-refractivity contribution >= 4 is 27.5 Å². The van der Waals surface area contributed by atoms with Crippen LogP contribution >= 0.6 is 0 Å². The van der Waals surface area contributed by atoms with Gasteiger partial charge in [-0.3, -0.25) is 13.9 Å². The average Bonchev–Trinajstić information content (AvgIpc) is 2.89. The molecule has 0 radical (unpaired) electrons. The molecule has 1 aliphatic heterocycles. The Kier molecular flexibility index (Phi) is 10.6. The van der Waals surface area contributed by atoms with Crippen LogP contribution in [0.3, 0.4) is 0 Å². The van der Waals surface area contributed by atoms with E-state index >= 15 is 0 Å². The van der Waals surface area contributed by atoms with Crippen molar-refractivity contribution in [3.8, 4) is 11.5 Å². The molecule has 1 N–H and O–H groups in total. The Balaban J connectivity index is 1.75. The Bertz CT molecular complexity index is 1230. The van der Waals surface area contributed by atoms with E-state index in [-0.39, 0.29) is 37.1 Å². The molecule has 0 bridgehead atoms. The molecule has 2 aromatic carbocycles. The van der Waals surface area contributed by atoms with Crippen molar-refractivity contribution in [1.29, 1.82) is 0 Å². The summed E-state index contributed by atoms with van der Waals surface area (Å²) in [6, 6.07) is 12.3. The highest BCUT2D eigenvalue weighted by molar-refractivity contribution is 7.92. The summed E-state index contributed by atoms with van der Waals surface area (Å²) in [7, 11) is -3.62. The van der Waals surface area contributed by atoms with Gasteiger partial charge in [-0.05, 0) is 43.4 Å². The van der Waals surface area contributed by atoms with Crippen LogP contribution in [0.2, 0.25) is 0 Å². The third-order valence-corrected chi connectivity index (χ3v) is 7.70. The molecule has 2 amide bonds. The SMILES string of the molecule is CC[C@@H](C(=O)NCC(C)C)N(Cc1ccc(C)cc1)C(=O)CCCN(c1ccc2c(c1)OCCO2)S(C)(=O)=O. The molecule has 0 aromatic heterocycles. The largest absolute Gasteiger partial charge is 0.486 e. The van der Waals surface area contributed by atoms with Crippen molar-refractivity contribution in [2.45, 2.75) is 59.5 Å². The minimum Gasteiger partial charge on any atom is -0.486 e. The first-order valence-corrected chi connectivity index (χ1v) is 15.3. The van der Waals surface area contributed by atoms with Crippen LogP contribution in [0.5, 0.6) is 11.5 Å². The van der Waals surface area contributed by atoms with Gasteiger partial charge in [-0.2, -0.15) is 0 Å². The monoisotopic (exact) mass is 559 g/mol. The van der Waals surface area contributed by atoms with E-state index in [0.29, 0.717) is 49.9 Å². The van der Waals surface area contributed by atoms with Crippen LogP contribution in [0.1, 0.15) is 51.2 Å². The standard InChI is InChI=1S/C29H41N3O6S/c1-6-25(29(34)30-19-21(2)3)31(20-23-11-9-22(4)10-12-23)28(33)8-7-15-32(39(5,35)36)24-13-14-26-27(18-24)38-17-16-37-26/h9-14,18,21,25H,6-8,15-17,19-20H2,1-5H3,(H,30,34)/t25-/m0/s1. The third kappa shape index (κ3) is 8.61. The van der Waals surface area contributed by atoms with Gasteiger partial charge in [0.2, 0.25) is 21.8 Å². The van der Waals surface area contributed by atoms with Crippen LogP contribution in [-0.2, 0) is 26.2 Å². The van der Waals surface area contributed by atoms with E-state index in [2.05, 4.69) is 5.32 Å². The Morgan fingerprint density at radius 3 is 2.31 bits per heavy atom. The number of nitrogens with zero attached hydrogens (tertiary/aromatic N) is 2. The molecule has 1 aliphatic rings. The number of nitrogens with one attached hydrogen (secondary N) is 1. The van der Waals surface area contributed by atoms with E-state index in [4.69, 9.17) is 9.47 Å². The van der Waals surface area contributed by atoms with Crippen LogP contribution < -0.4 is 19.1 Å². The molecule has 214 valence electrons. The summed E-state index contributed by atoms with van der Waals surface area (Å²) in [5, 5.41) is 2.96. The normalized spacial score (nSPS) is 13.6. The fourth-order valence-corrected chi connectivity index (χ4v) is 5.38. The van der Waals surface area contributed by atoms with Crippen molar-refractivity contribution in [2.75, 3.05) is 36.9 Å². The molecule has 39 heavy (non-hydrogen) atoms. The van der Waals surface area contributed by atoms with Gasteiger partial charge in [-0.1, -0.05) is 50.6 Å². The molecule has 0 spiro atoms. The van der Waals surface area contributed by atoms with Crippen molar-refractivity contribution < 1.29 is 27.5 Å². The van der Waals surface area contributed by atoms with Gasteiger partial charge < -0.3 is 19.7 Å². The lowest BCUT2D eigenvalue weighted by Gasteiger charge is -2.31. The van der Waals surface area contributed by atoms with Gasteiger partial charge in [0.25, 0.3) is 0 Å². The van der Waals surface area contributed by atoms with Crippen molar-refractivity contribution in [1.82, 2.24) is 10.2 Å². The summed E-state index contributed by atoms with van der Waals surface area (Å²) in [5.74, 6) is 0.973. The number of anilines is 1. The Morgan fingerprint density at radius 2 is 1.69 bits per heavy atom. The lowest BCUT2D eigenvalue weighted by atomic mass is 10.1. The number of hydrogen-bond donors (Lipinski definition) is 1. The second-order valence-electron chi connectivity index (χ2n) is 10.3. The fourth-order valence-electron chi connectivity index (χ4n) is 4.42. The molecule has 0 aliphatic carbocycles. The number of benzene rings is 2. The third-order valence-electron chi connectivity index (χ3n) is 6.51. The number of sulfonamides is 1. The molecule has 0 fully saturated rings.